The smallest absolute Gasteiger partial charge is 0.169 e. The summed E-state index contributed by atoms with van der Waals surface area (Å²) in [7, 11) is 2.01. The van der Waals surface area contributed by atoms with Gasteiger partial charge >= 0.3 is 0 Å². The van der Waals surface area contributed by atoms with Crippen molar-refractivity contribution in [2.45, 2.75) is 19.9 Å². The van der Waals surface area contributed by atoms with Crippen molar-refractivity contribution in [1.82, 2.24) is 10.2 Å². The first-order valence-electron chi connectivity index (χ1n) is 5.93. The van der Waals surface area contributed by atoms with Crippen LogP contribution in [0.2, 0.25) is 0 Å². The Kier molecular flexibility index (Phi) is 7.81. The van der Waals surface area contributed by atoms with Crippen LogP contribution in [0.15, 0.2) is 15.9 Å². The number of halogens is 1. The molecule has 0 atom stereocenters. The molecule has 0 spiro atoms. The lowest BCUT2D eigenvalue weighted by Gasteiger charge is -2.20. The zero-order valence-corrected chi connectivity index (χ0v) is 14.0. The molecule has 0 bridgehead atoms. The van der Waals surface area contributed by atoms with Crippen molar-refractivity contribution in [1.29, 1.82) is 0 Å². The summed E-state index contributed by atoms with van der Waals surface area (Å²) in [5.74, 6) is 0. The van der Waals surface area contributed by atoms with Crippen molar-refractivity contribution in [2.75, 3.05) is 26.8 Å². The Morgan fingerprint density at radius 2 is 2.39 bits per heavy atom. The van der Waals surface area contributed by atoms with Crippen molar-refractivity contribution in [3.8, 4) is 0 Å². The van der Waals surface area contributed by atoms with Crippen LogP contribution in [-0.2, 0) is 11.3 Å². The molecular formula is C12H19BrN2OS2. The lowest BCUT2D eigenvalue weighted by atomic mass is 10.4. The SMILES string of the molecule is CCOCCCNC(=S)N(C)Cc1cc(Br)cs1. The molecule has 0 aliphatic heterocycles. The fourth-order valence-corrected chi connectivity index (χ4v) is 3.06. The van der Waals surface area contributed by atoms with E-state index in [4.69, 9.17) is 17.0 Å². The third kappa shape index (κ3) is 6.13. The predicted octanol–water partition coefficient (Wildman–Crippen LogP) is 3.24. The van der Waals surface area contributed by atoms with E-state index in [9.17, 15) is 0 Å². The molecule has 0 aliphatic carbocycles. The van der Waals surface area contributed by atoms with Gasteiger partial charge in [0.1, 0.15) is 0 Å². The van der Waals surface area contributed by atoms with Gasteiger partial charge in [-0.15, -0.1) is 11.3 Å². The van der Waals surface area contributed by atoms with Crippen LogP contribution in [0.25, 0.3) is 0 Å². The van der Waals surface area contributed by atoms with Crippen molar-refractivity contribution >= 4 is 44.6 Å². The monoisotopic (exact) mass is 350 g/mol. The number of ether oxygens (including phenoxy) is 1. The Labute approximate surface area is 127 Å². The van der Waals surface area contributed by atoms with Gasteiger partial charge < -0.3 is 15.0 Å². The summed E-state index contributed by atoms with van der Waals surface area (Å²) in [5.41, 5.74) is 0. The van der Waals surface area contributed by atoms with Crippen LogP contribution in [-0.4, -0.2) is 36.8 Å². The third-order valence-electron chi connectivity index (χ3n) is 2.31. The van der Waals surface area contributed by atoms with E-state index < -0.39 is 0 Å². The van der Waals surface area contributed by atoms with E-state index in [2.05, 4.69) is 32.7 Å². The number of thiocarbonyl (C=S) groups is 1. The molecule has 3 nitrogen and oxygen atoms in total. The highest BCUT2D eigenvalue weighted by molar-refractivity contribution is 9.10. The van der Waals surface area contributed by atoms with E-state index in [0.717, 1.165) is 42.3 Å². The largest absolute Gasteiger partial charge is 0.382 e. The molecule has 0 amide bonds. The van der Waals surface area contributed by atoms with Gasteiger partial charge in [-0.1, -0.05) is 0 Å². The highest BCUT2D eigenvalue weighted by atomic mass is 79.9. The lowest BCUT2D eigenvalue weighted by Crippen LogP contribution is -2.37. The van der Waals surface area contributed by atoms with Gasteiger partial charge in [0.05, 0.1) is 6.54 Å². The maximum absolute atomic E-state index is 5.33. The molecule has 0 saturated carbocycles. The molecule has 1 rings (SSSR count). The van der Waals surface area contributed by atoms with E-state index in [1.54, 1.807) is 11.3 Å². The van der Waals surface area contributed by atoms with Gasteiger partial charge in [-0.3, -0.25) is 0 Å². The second-order valence-corrected chi connectivity index (χ2v) is 6.17. The van der Waals surface area contributed by atoms with E-state index in [1.165, 1.54) is 4.88 Å². The lowest BCUT2D eigenvalue weighted by molar-refractivity contribution is 0.145. The standard InChI is InChI=1S/C12H19BrN2OS2/c1-3-16-6-4-5-14-12(17)15(2)8-11-7-10(13)9-18-11/h7,9H,3-6,8H2,1-2H3,(H,14,17). The molecule has 1 aromatic heterocycles. The maximum atomic E-state index is 5.33. The molecule has 6 heteroatoms. The molecule has 102 valence electrons. The van der Waals surface area contributed by atoms with E-state index >= 15 is 0 Å². The summed E-state index contributed by atoms with van der Waals surface area (Å²) in [6.07, 6.45) is 0.979. The fraction of sp³-hybridized carbons (Fsp3) is 0.583. The minimum absolute atomic E-state index is 0.775. The minimum atomic E-state index is 0.775. The topological polar surface area (TPSA) is 24.5 Å². The molecule has 0 aromatic carbocycles. The van der Waals surface area contributed by atoms with Crippen molar-refractivity contribution < 1.29 is 4.74 Å². The quantitative estimate of drug-likeness (QED) is 0.602. The predicted molar refractivity (Wildman–Crippen MR) is 85.2 cm³/mol. The van der Waals surface area contributed by atoms with E-state index in [-0.39, 0.29) is 0 Å². The molecule has 0 unspecified atom stereocenters. The Morgan fingerprint density at radius 1 is 1.61 bits per heavy atom. The molecule has 1 aromatic rings. The van der Waals surface area contributed by atoms with Gasteiger partial charge in [-0.2, -0.15) is 0 Å². The van der Waals surface area contributed by atoms with Crippen LogP contribution in [0.1, 0.15) is 18.2 Å². The van der Waals surface area contributed by atoms with Crippen LogP contribution >= 0.6 is 39.5 Å². The Bertz CT molecular complexity index is 371. The summed E-state index contributed by atoms with van der Waals surface area (Å²) in [5, 5.41) is 6.11. The molecule has 1 N–H and O–H groups in total. The van der Waals surface area contributed by atoms with E-state index in [0.29, 0.717) is 0 Å². The summed E-state index contributed by atoms with van der Waals surface area (Å²) in [4.78, 5) is 3.34. The number of hydrogen-bond acceptors (Lipinski definition) is 3. The Morgan fingerprint density at radius 3 is 3.00 bits per heavy atom. The number of rotatable bonds is 7. The van der Waals surface area contributed by atoms with Gasteiger partial charge in [0.25, 0.3) is 0 Å². The van der Waals surface area contributed by atoms with Crippen LogP contribution in [0.3, 0.4) is 0 Å². The zero-order valence-electron chi connectivity index (χ0n) is 10.7. The highest BCUT2D eigenvalue weighted by Gasteiger charge is 2.06. The number of thiophene rings is 1. The average molecular weight is 351 g/mol. The van der Waals surface area contributed by atoms with Gasteiger partial charge in [0.15, 0.2) is 5.11 Å². The molecular weight excluding hydrogens is 332 g/mol. The highest BCUT2D eigenvalue weighted by Crippen LogP contribution is 2.20. The van der Waals surface area contributed by atoms with E-state index in [1.807, 2.05) is 18.9 Å². The van der Waals surface area contributed by atoms with Gasteiger partial charge in [0, 0.05) is 41.5 Å². The van der Waals surface area contributed by atoms with Crippen LogP contribution in [0.4, 0.5) is 0 Å². The normalized spacial score (nSPS) is 10.4. The second-order valence-electron chi connectivity index (χ2n) is 3.87. The summed E-state index contributed by atoms with van der Waals surface area (Å²) >= 11 is 10.5. The summed E-state index contributed by atoms with van der Waals surface area (Å²) in [6.45, 7) is 5.27. The molecule has 18 heavy (non-hydrogen) atoms. The fourth-order valence-electron chi connectivity index (χ4n) is 1.39. The van der Waals surface area contributed by atoms with Gasteiger partial charge in [-0.05, 0) is 47.6 Å². The first-order chi connectivity index (χ1) is 8.63. The molecule has 0 radical (unpaired) electrons. The number of nitrogens with one attached hydrogen (secondary N) is 1. The summed E-state index contributed by atoms with van der Waals surface area (Å²) < 4.78 is 6.40. The maximum Gasteiger partial charge on any atom is 0.169 e. The zero-order chi connectivity index (χ0) is 13.4. The molecule has 1 heterocycles. The van der Waals surface area contributed by atoms with Gasteiger partial charge in [-0.25, -0.2) is 0 Å². The van der Waals surface area contributed by atoms with Crippen LogP contribution in [0, 0.1) is 0 Å². The number of nitrogens with zero attached hydrogens (tertiary/aromatic N) is 1. The second kappa shape index (κ2) is 8.85. The van der Waals surface area contributed by atoms with Crippen LogP contribution in [0.5, 0.6) is 0 Å². The van der Waals surface area contributed by atoms with Crippen molar-refractivity contribution in [2.24, 2.45) is 0 Å². The summed E-state index contributed by atoms with van der Waals surface area (Å²) in [6, 6.07) is 2.12. The molecule has 0 fully saturated rings. The Hall–Kier alpha value is -0.170. The van der Waals surface area contributed by atoms with Crippen molar-refractivity contribution in [3.63, 3.8) is 0 Å². The van der Waals surface area contributed by atoms with Crippen molar-refractivity contribution in [3.05, 3.63) is 20.8 Å². The first kappa shape index (κ1) is 15.9. The number of hydrogen-bond donors (Lipinski definition) is 1. The van der Waals surface area contributed by atoms with Gasteiger partial charge in [0.2, 0.25) is 0 Å². The first-order valence-corrected chi connectivity index (χ1v) is 8.01. The Balaban J connectivity index is 2.20. The third-order valence-corrected chi connectivity index (χ3v) is 4.45. The molecule has 0 aliphatic rings. The molecule has 0 saturated heterocycles. The minimum Gasteiger partial charge on any atom is -0.382 e. The average Bonchev–Trinajstić information content (AvgIpc) is 2.74. The van der Waals surface area contributed by atoms with Crippen LogP contribution < -0.4 is 5.32 Å².